The highest BCUT2D eigenvalue weighted by molar-refractivity contribution is 5.87. The SMILES string of the molecule is CC(C)/C=C/C(=O)N1C[C@H]2CCN(c3ncccn3)CC[C@H]2C1. The number of carbonyl (C=O) groups excluding carboxylic acids is 1. The van der Waals surface area contributed by atoms with Gasteiger partial charge in [0.25, 0.3) is 0 Å². The summed E-state index contributed by atoms with van der Waals surface area (Å²) in [7, 11) is 0. The van der Waals surface area contributed by atoms with Gasteiger partial charge in [0.05, 0.1) is 0 Å². The molecule has 5 heteroatoms. The summed E-state index contributed by atoms with van der Waals surface area (Å²) in [5, 5.41) is 0. The molecule has 0 bridgehead atoms. The molecule has 1 amide bonds. The highest BCUT2D eigenvalue weighted by Crippen LogP contribution is 2.32. The number of likely N-dealkylation sites (tertiary alicyclic amines) is 1. The quantitative estimate of drug-likeness (QED) is 0.804. The molecule has 0 unspecified atom stereocenters. The Kier molecular flexibility index (Phi) is 4.94. The molecule has 124 valence electrons. The van der Waals surface area contributed by atoms with Crippen LogP contribution >= 0.6 is 0 Å². The summed E-state index contributed by atoms with van der Waals surface area (Å²) in [6, 6.07) is 1.85. The molecule has 3 rings (SSSR count). The van der Waals surface area contributed by atoms with Crippen LogP contribution in [0.5, 0.6) is 0 Å². The molecule has 5 nitrogen and oxygen atoms in total. The molecule has 2 saturated heterocycles. The number of fused-ring (bicyclic) bond motifs is 1. The van der Waals surface area contributed by atoms with Crippen molar-refractivity contribution in [3.8, 4) is 0 Å². The highest BCUT2D eigenvalue weighted by Gasteiger charge is 2.36. The van der Waals surface area contributed by atoms with Crippen LogP contribution < -0.4 is 4.90 Å². The number of allylic oxidation sites excluding steroid dienone is 1. The van der Waals surface area contributed by atoms with Gasteiger partial charge < -0.3 is 9.80 Å². The van der Waals surface area contributed by atoms with Crippen LogP contribution in [0.3, 0.4) is 0 Å². The van der Waals surface area contributed by atoms with E-state index in [1.165, 1.54) is 0 Å². The van der Waals surface area contributed by atoms with E-state index in [1.54, 1.807) is 18.5 Å². The van der Waals surface area contributed by atoms with Gasteiger partial charge in [-0.2, -0.15) is 0 Å². The van der Waals surface area contributed by atoms with Gasteiger partial charge in [-0.1, -0.05) is 19.9 Å². The predicted octanol–water partition coefficient (Wildman–Crippen LogP) is 2.36. The van der Waals surface area contributed by atoms with Crippen molar-refractivity contribution in [1.29, 1.82) is 0 Å². The summed E-state index contributed by atoms with van der Waals surface area (Å²) < 4.78 is 0. The Balaban J connectivity index is 1.58. The lowest BCUT2D eigenvalue weighted by Gasteiger charge is -2.21. The Morgan fingerprint density at radius 2 is 1.78 bits per heavy atom. The molecular weight excluding hydrogens is 288 g/mol. The van der Waals surface area contributed by atoms with E-state index >= 15 is 0 Å². The molecule has 0 aromatic carbocycles. The maximum absolute atomic E-state index is 12.3. The first kappa shape index (κ1) is 16.0. The van der Waals surface area contributed by atoms with Crippen LogP contribution in [0.1, 0.15) is 26.7 Å². The van der Waals surface area contributed by atoms with E-state index in [2.05, 4.69) is 28.7 Å². The summed E-state index contributed by atoms with van der Waals surface area (Å²) in [6.07, 6.45) is 9.57. The van der Waals surface area contributed by atoms with Gasteiger partial charge in [0.15, 0.2) is 0 Å². The molecule has 0 saturated carbocycles. The molecule has 1 aromatic rings. The van der Waals surface area contributed by atoms with Crippen molar-refractivity contribution in [2.24, 2.45) is 17.8 Å². The lowest BCUT2D eigenvalue weighted by molar-refractivity contribution is -0.125. The summed E-state index contributed by atoms with van der Waals surface area (Å²) in [5.41, 5.74) is 0. The highest BCUT2D eigenvalue weighted by atomic mass is 16.2. The second-order valence-electron chi connectivity index (χ2n) is 6.98. The molecule has 23 heavy (non-hydrogen) atoms. The standard InChI is InChI=1S/C18H26N4O/c1-14(2)4-5-17(23)22-12-15-6-10-21(11-7-16(15)13-22)18-19-8-3-9-20-18/h3-5,8-9,14-16H,6-7,10-13H2,1-2H3/b5-4+/t15-,16+. The van der Waals surface area contributed by atoms with Crippen LogP contribution in [0.15, 0.2) is 30.6 Å². The molecule has 1 aromatic heterocycles. The second-order valence-corrected chi connectivity index (χ2v) is 6.98. The average molecular weight is 314 g/mol. The minimum Gasteiger partial charge on any atom is -0.341 e. The van der Waals surface area contributed by atoms with Crippen LogP contribution in [0.4, 0.5) is 5.95 Å². The smallest absolute Gasteiger partial charge is 0.246 e. The third-order valence-electron chi connectivity index (χ3n) is 4.89. The van der Waals surface area contributed by atoms with E-state index < -0.39 is 0 Å². The van der Waals surface area contributed by atoms with Gasteiger partial charge in [-0.25, -0.2) is 9.97 Å². The molecule has 0 aliphatic carbocycles. The van der Waals surface area contributed by atoms with Gasteiger partial charge in [0, 0.05) is 38.6 Å². The molecule has 2 aliphatic rings. The fraction of sp³-hybridized carbons (Fsp3) is 0.611. The fourth-order valence-electron chi connectivity index (χ4n) is 3.56. The normalized spacial score (nSPS) is 25.0. The van der Waals surface area contributed by atoms with Crippen molar-refractivity contribution in [1.82, 2.24) is 14.9 Å². The number of aromatic nitrogens is 2. The van der Waals surface area contributed by atoms with Crippen molar-refractivity contribution in [2.75, 3.05) is 31.1 Å². The fourth-order valence-corrected chi connectivity index (χ4v) is 3.56. The Labute approximate surface area is 138 Å². The van der Waals surface area contributed by atoms with Crippen molar-refractivity contribution in [3.05, 3.63) is 30.6 Å². The van der Waals surface area contributed by atoms with E-state index in [0.717, 1.165) is 45.0 Å². The van der Waals surface area contributed by atoms with Crippen molar-refractivity contribution in [2.45, 2.75) is 26.7 Å². The van der Waals surface area contributed by atoms with E-state index in [0.29, 0.717) is 17.8 Å². The van der Waals surface area contributed by atoms with E-state index in [1.807, 2.05) is 17.0 Å². The van der Waals surface area contributed by atoms with Crippen LogP contribution in [0.2, 0.25) is 0 Å². The molecule has 0 radical (unpaired) electrons. The molecule has 0 N–H and O–H groups in total. The van der Waals surface area contributed by atoms with Crippen molar-refractivity contribution >= 4 is 11.9 Å². The molecule has 3 heterocycles. The number of nitrogens with zero attached hydrogens (tertiary/aromatic N) is 4. The zero-order valence-corrected chi connectivity index (χ0v) is 14.1. The summed E-state index contributed by atoms with van der Waals surface area (Å²) in [6.45, 7) is 7.95. The van der Waals surface area contributed by atoms with Gasteiger partial charge in [-0.05, 0) is 42.7 Å². The maximum atomic E-state index is 12.3. The Morgan fingerprint density at radius 3 is 2.35 bits per heavy atom. The Bertz CT molecular complexity index is 541. The number of hydrogen-bond donors (Lipinski definition) is 0. The topological polar surface area (TPSA) is 49.3 Å². The molecule has 2 fully saturated rings. The zero-order chi connectivity index (χ0) is 16.2. The van der Waals surface area contributed by atoms with Crippen molar-refractivity contribution < 1.29 is 4.79 Å². The van der Waals surface area contributed by atoms with Crippen LogP contribution in [0.25, 0.3) is 0 Å². The Hall–Kier alpha value is -1.91. The molecule has 2 atom stereocenters. The number of carbonyl (C=O) groups is 1. The summed E-state index contributed by atoms with van der Waals surface area (Å²) in [5.74, 6) is 2.65. The lowest BCUT2D eigenvalue weighted by atomic mass is 9.92. The second kappa shape index (κ2) is 7.11. The number of amides is 1. The molecule has 2 aliphatic heterocycles. The average Bonchev–Trinajstić information content (AvgIpc) is 2.87. The number of anilines is 1. The number of rotatable bonds is 3. The number of hydrogen-bond acceptors (Lipinski definition) is 4. The van der Waals surface area contributed by atoms with Crippen LogP contribution in [-0.4, -0.2) is 47.0 Å². The van der Waals surface area contributed by atoms with E-state index in [-0.39, 0.29) is 5.91 Å². The van der Waals surface area contributed by atoms with Crippen LogP contribution in [0, 0.1) is 17.8 Å². The molecule has 0 spiro atoms. The third-order valence-corrected chi connectivity index (χ3v) is 4.89. The van der Waals surface area contributed by atoms with Gasteiger partial charge in [0.1, 0.15) is 0 Å². The lowest BCUT2D eigenvalue weighted by Crippen LogP contribution is -2.30. The van der Waals surface area contributed by atoms with Gasteiger partial charge in [0.2, 0.25) is 11.9 Å². The third kappa shape index (κ3) is 3.89. The van der Waals surface area contributed by atoms with Crippen molar-refractivity contribution in [3.63, 3.8) is 0 Å². The molecular formula is C18H26N4O. The first-order chi connectivity index (χ1) is 11.1. The minimum absolute atomic E-state index is 0.176. The summed E-state index contributed by atoms with van der Waals surface area (Å²) in [4.78, 5) is 25.3. The van der Waals surface area contributed by atoms with Crippen LogP contribution in [-0.2, 0) is 4.79 Å². The Morgan fingerprint density at radius 1 is 1.17 bits per heavy atom. The first-order valence-electron chi connectivity index (χ1n) is 8.62. The predicted molar refractivity (Wildman–Crippen MR) is 91.0 cm³/mol. The first-order valence-corrected chi connectivity index (χ1v) is 8.62. The van der Waals surface area contributed by atoms with Gasteiger partial charge in [-0.15, -0.1) is 0 Å². The van der Waals surface area contributed by atoms with Gasteiger partial charge >= 0.3 is 0 Å². The maximum Gasteiger partial charge on any atom is 0.246 e. The monoisotopic (exact) mass is 314 g/mol. The van der Waals surface area contributed by atoms with E-state index in [9.17, 15) is 4.79 Å². The minimum atomic E-state index is 0.176. The zero-order valence-electron chi connectivity index (χ0n) is 14.1. The summed E-state index contributed by atoms with van der Waals surface area (Å²) >= 11 is 0. The van der Waals surface area contributed by atoms with E-state index in [4.69, 9.17) is 0 Å². The largest absolute Gasteiger partial charge is 0.341 e. The van der Waals surface area contributed by atoms with Gasteiger partial charge in [-0.3, -0.25) is 4.79 Å².